The molecule has 8 heteroatoms. The van der Waals surface area contributed by atoms with Gasteiger partial charge >= 0.3 is 0 Å². The number of fused-ring (bicyclic) bond motifs is 2. The Morgan fingerprint density at radius 1 is 1.11 bits per heavy atom. The molecule has 1 saturated heterocycles. The zero-order valence-corrected chi connectivity index (χ0v) is 16.1. The van der Waals surface area contributed by atoms with Crippen LogP contribution in [0.3, 0.4) is 0 Å². The molecule has 0 spiro atoms. The average molecular weight is 387 g/mol. The van der Waals surface area contributed by atoms with E-state index in [1.54, 1.807) is 6.07 Å². The van der Waals surface area contributed by atoms with E-state index in [2.05, 4.69) is 4.98 Å². The Labute approximate surface area is 157 Å². The van der Waals surface area contributed by atoms with Crippen LogP contribution in [0.2, 0.25) is 0 Å². The molecule has 0 unspecified atom stereocenters. The van der Waals surface area contributed by atoms with Gasteiger partial charge in [-0.3, -0.25) is 4.79 Å². The Bertz CT molecular complexity index is 1200. The normalized spacial score (nSPS) is 16.1. The highest BCUT2D eigenvalue weighted by Gasteiger charge is 2.30. The standard InChI is InChI=1S/C19H21N3O4S/c1-13-7-6-8-14-11-15-18(20-17(13)14)16(12-22(26-2)19(15)23)27(24,25)21-9-4-3-5-10-21/h6-8,11-12H,3-5,9-10H2,1-2H3. The highest BCUT2D eigenvalue weighted by Crippen LogP contribution is 2.28. The zero-order chi connectivity index (χ0) is 19.2. The molecule has 1 aliphatic rings. The number of pyridine rings is 2. The Kier molecular flexibility index (Phi) is 4.39. The number of piperidine rings is 1. The highest BCUT2D eigenvalue weighted by molar-refractivity contribution is 7.89. The molecule has 0 aliphatic carbocycles. The SMILES string of the molecule is COn1cc(S(=O)(=O)N2CCCCC2)c2nc3c(C)cccc3cc2c1=O. The number of aryl methyl sites for hydroxylation is 1. The number of hydrogen-bond acceptors (Lipinski definition) is 5. The van der Waals surface area contributed by atoms with Crippen molar-refractivity contribution in [3.8, 4) is 0 Å². The van der Waals surface area contributed by atoms with Crippen molar-refractivity contribution in [2.45, 2.75) is 31.1 Å². The van der Waals surface area contributed by atoms with E-state index in [-0.39, 0.29) is 15.8 Å². The number of benzene rings is 1. The van der Waals surface area contributed by atoms with E-state index in [1.165, 1.54) is 17.6 Å². The summed E-state index contributed by atoms with van der Waals surface area (Å²) in [6.45, 7) is 2.86. The molecule has 1 aromatic carbocycles. The Hall–Kier alpha value is -2.45. The monoisotopic (exact) mass is 387 g/mol. The minimum Gasteiger partial charge on any atom is -0.414 e. The van der Waals surface area contributed by atoms with Gasteiger partial charge in [0.05, 0.1) is 22.6 Å². The van der Waals surface area contributed by atoms with E-state index in [0.29, 0.717) is 18.6 Å². The molecule has 3 heterocycles. The molecule has 2 aromatic heterocycles. The minimum absolute atomic E-state index is 0.00556. The van der Waals surface area contributed by atoms with Gasteiger partial charge in [-0.05, 0) is 31.4 Å². The number of hydrogen-bond donors (Lipinski definition) is 0. The fourth-order valence-corrected chi connectivity index (χ4v) is 5.26. The van der Waals surface area contributed by atoms with Crippen molar-refractivity contribution in [3.63, 3.8) is 0 Å². The van der Waals surface area contributed by atoms with Crippen LogP contribution in [-0.4, -0.2) is 42.6 Å². The molecule has 1 aliphatic heterocycles. The number of sulfonamides is 1. The van der Waals surface area contributed by atoms with E-state index in [9.17, 15) is 13.2 Å². The molecule has 0 amide bonds. The van der Waals surface area contributed by atoms with E-state index in [0.717, 1.165) is 34.9 Å². The van der Waals surface area contributed by atoms with Gasteiger partial charge in [-0.25, -0.2) is 13.4 Å². The molecule has 0 bridgehead atoms. The van der Waals surface area contributed by atoms with Crippen molar-refractivity contribution in [3.05, 3.63) is 46.4 Å². The molecule has 0 saturated carbocycles. The molecule has 27 heavy (non-hydrogen) atoms. The summed E-state index contributed by atoms with van der Waals surface area (Å²) in [7, 11) is -2.45. The fourth-order valence-electron chi connectivity index (χ4n) is 3.61. The van der Waals surface area contributed by atoms with Crippen LogP contribution >= 0.6 is 0 Å². The maximum Gasteiger partial charge on any atom is 0.292 e. The summed E-state index contributed by atoms with van der Waals surface area (Å²) in [4.78, 5) is 22.4. The van der Waals surface area contributed by atoms with Crippen LogP contribution in [-0.2, 0) is 10.0 Å². The van der Waals surface area contributed by atoms with Crippen LogP contribution in [0, 0.1) is 6.92 Å². The van der Waals surface area contributed by atoms with Crippen LogP contribution in [0.5, 0.6) is 0 Å². The van der Waals surface area contributed by atoms with Crippen molar-refractivity contribution in [2.75, 3.05) is 20.2 Å². The summed E-state index contributed by atoms with van der Waals surface area (Å²) in [6.07, 6.45) is 3.92. The van der Waals surface area contributed by atoms with Gasteiger partial charge in [0.25, 0.3) is 5.56 Å². The third-order valence-corrected chi connectivity index (χ3v) is 6.98. The molecule has 142 valence electrons. The molecule has 1 fully saturated rings. The van der Waals surface area contributed by atoms with Gasteiger partial charge in [0.1, 0.15) is 12.0 Å². The fraction of sp³-hybridized carbons (Fsp3) is 0.368. The van der Waals surface area contributed by atoms with E-state index in [1.807, 2.05) is 25.1 Å². The molecule has 0 radical (unpaired) electrons. The first-order valence-corrected chi connectivity index (χ1v) is 10.4. The second-order valence-electron chi connectivity index (χ2n) is 6.80. The van der Waals surface area contributed by atoms with Gasteiger partial charge in [0.15, 0.2) is 0 Å². The van der Waals surface area contributed by atoms with Crippen LogP contribution in [0.1, 0.15) is 24.8 Å². The average Bonchev–Trinajstić information content (AvgIpc) is 2.68. The number of rotatable bonds is 3. The Morgan fingerprint density at radius 2 is 1.85 bits per heavy atom. The first-order valence-electron chi connectivity index (χ1n) is 8.94. The summed E-state index contributed by atoms with van der Waals surface area (Å²) in [5.74, 6) is 0. The lowest BCUT2D eigenvalue weighted by atomic mass is 10.1. The molecule has 0 N–H and O–H groups in total. The number of nitrogens with zero attached hydrogens (tertiary/aromatic N) is 3. The van der Waals surface area contributed by atoms with E-state index in [4.69, 9.17) is 4.84 Å². The first-order chi connectivity index (χ1) is 12.9. The van der Waals surface area contributed by atoms with Gasteiger partial charge in [0.2, 0.25) is 10.0 Å². The minimum atomic E-state index is -3.79. The van der Waals surface area contributed by atoms with E-state index >= 15 is 0 Å². The van der Waals surface area contributed by atoms with Gasteiger partial charge in [-0.1, -0.05) is 24.6 Å². The lowest BCUT2D eigenvalue weighted by Gasteiger charge is -2.26. The van der Waals surface area contributed by atoms with Gasteiger partial charge in [-0.2, -0.15) is 9.04 Å². The van der Waals surface area contributed by atoms with Crippen LogP contribution in [0.4, 0.5) is 0 Å². The maximum absolute atomic E-state index is 13.3. The van der Waals surface area contributed by atoms with Crippen molar-refractivity contribution < 1.29 is 13.3 Å². The first kappa shape index (κ1) is 17.9. The smallest absolute Gasteiger partial charge is 0.292 e. The van der Waals surface area contributed by atoms with E-state index < -0.39 is 15.6 Å². The highest BCUT2D eigenvalue weighted by atomic mass is 32.2. The van der Waals surface area contributed by atoms with Crippen molar-refractivity contribution in [1.82, 2.24) is 14.0 Å². The topological polar surface area (TPSA) is 81.5 Å². The second-order valence-corrected chi connectivity index (χ2v) is 8.71. The molecule has 4 rings (SSSR count). The molecular formula is C19H21N3O4S. The third kappa shape index (κ3) is 2.89. The second kappa shape index (κ2) is 6.61. The largest absolute Gasteiger partial charge is 0.414 e. The van der Waals surface area contributed by atoms with Crippen molar-refractivity contribution >= 4 is 31.8 Å². The van der Waals surface area contributed by atoms with Gasteiger partial charge < -0.3 is 4.84 Å². The summed E-state index contributed by atoms with van der Waals surface area (Å²) in [5.41, 5.74) is 1.38. The van der Waals surface area contributed by atoms with Crippen LogP contribution in [0.25, 0.3) is 21.8 Å². The summed E-state index contributed by atoms with van der Waals surface area (Å²) in [6, 6.07) is 7.35. The van der Waals surface area contributed by atoms with Crippen LogP contribution in [0.15, 0.2) is 40.2 Å². The van der Waals surface area contributed by atoms with Crippen molar-refractivity contribution in [1.29, 1.82) is 0 Å². The van der Waals surface area contributed by atoms with Gasteiger partial charge in [0, 0.05) is 18.5 Å². The summed E-state index contributed by atoms with van der Waals surface area (Å²) < 4.78 is 29.1. The zero-order valence-electron chi connectivity index (χ0n) is 15.3. The quantitative estimate of drug-likeness (QED) is 0.643. The summed E-state index contributed by atoms with van der Waals surface area (Å²) >= 11 is 0. The molecule has 0 atom stereocenters. The molecule has 7 nitrogen and oxygen atoms in total. The van der Waals surface area contributed by atoms with Crippen LogP contribution < -0.4 is 10.4 Å². The van der Waals surface area contributed by atoms with Crippen molar-refractivity contribution in [2.24, 2.45) is 0 Å². The lowest BCUT2D eigenvalue weighted by Crippen LogP contribution is -2.37. The maximum atomic E-state index is 13.3. The molecular weight excluding hydrogens is 366 g/mol. The lowest BCUT2D eigenvalue weighted by molar-refractivity contribution is 0.156. The Morgan fingerprint density at radius 3 is 2.56 bits per heavy atom. The predicted octanol–water partition coefficient (Wildman–Crippen LogP) is 2.09. The number of aromatic nitrogens is 2. The third-order valence-electron chi connectivity index (χ3n) is 5.08. The molecule has 3 aromatic rings. The summed E-state index contributed by atoms with van der Waals surface area (Å²) in [5, 5.41) is 1.02. The number of para-hydroxylation sites is 1. The predicted molar refractivity (Wildman–Crippen MR) is 103 cm³/mol. The van der Waals surface area contributed by atoms with Gasteiger partial charge in [-0.15, -0.1) is 0 Å². The Balaban J connectivity index is 2.08.